The van der Waals surface area contributed by atoms with Crippen LogP contribution in [-0.2, 0) is 4.79 Å². The minimum Gasteiger partial charge on any atom is -0.478 e. The molecule has 1 fully saturated rings. The summed E-state index contributed by atoms with van der Waals surface area (Å²) in [5.74, 6) is 0.999. The van der Waals surface area contributed by atoms with Crippen molar-refractivity contribution in [3.63, 3.8) is 0 Å². The van der Waals surface area contributed by atoms with Crippen molar-refractivity contribution in [3.05, 3.63) is 11.6 Å². The molecule has 3 heteroatoms. The Balaban J connectivity index is 2.42. The smallest absolute Gasteiger partial charge is 0.328 e. The molecule has 0 spiro atoms. The van der Waals surface area contributed by atoms with Gasteiger partial charge < -0.3 is 5.11 Å². The first-order valence-electron chi connectivity index (χ1n) is 2.29. The van der Waals surface area contributed by atoms with Crippen molar-refractivity contribution in [2.24, 2.45) is 0 Å². The molecule has 8 heavy (non-hydrogen) atoms. The lowest BCUT2D eigenvalue weighted by molar-refractivity contribution is -0.131. The van der Waals surface area contributed by atoms with Crippen LogP contribution in [0.2, 0.25) is 0 Å². The topological polar surface area (TPSA) is 37.3 Å². The molecule has 0 aromatic rings. The largest absolute Gasteiger partial charge is 0.478 e. The molecule has 0 atom stereocenters. The van der Waals surface area contributed by atoms with Gasteiger partial charge in [0, 0.05) is 17.6 Å². The number of thioether (sulfide) groups is 1. The first-order valence-corrected chi connectivity index (χ1v) is 3.44. The van der Waals surface area contributed by atoms with Gasteiger partial charge in [-0.05, 0) is 5.57 Å². The fraction of sp³-hybridized carbons (Fsp3) is 0.400. The van der Waals surface area contributed by atoms with Gasteiger partial charge in [-0.1, -0.05) is 0 Å². The average Bonchev–Trinajstić information content (AvgIpc) is 1.55. The normalized spacial score (nSPS) is 17.2. The molecule has 0 saturated carbocycles. The molecule has 0 aromatic heterocycles. The highest BCUT2D eigenvalue weighted by Crippen LogP contribution is 2.22. The molecule has 0 unspecified atom stereocenters. The fourth-order valence-electron chi connectivity index (χ4n) is 0.478. The molecule has 1 saturated heterocycles. The molecule has 1 aliphatic rings. The zero-order valence-electron chi connectivity index (χ0n) is 4.26. The number of hydrogen-bond donors (Lipinski definition) is 1. The average molecular weight is 130 g/mol. The summed E-state index contributed by atoms with van der Waals surface area (Å²) in [7, 11) is 0. The molecule has 1 N–H and O–H groups in total. The molecule has 0 amide bonds. The van der Waals surface area contributed by atoms with E-state index in [2.05, 4.69) is 0 Å². The number of hydrogen-bond acceptors (Lipinski definition) is 2. The maximum absolute atomic E-state index is 9.92. The number of carboxylic acid groups (broad SMARTS) is 1. The van der Waals surface area contributed by atoms with E-state index in [0.717, 1.165) is 17.1 Å². The summed E-state index contributed by atoms with van der Waals surface area (Å²) < 4.78 is 0. The van der Waals surface area contributed by atoms with E-state index in [-0.39, 0.29) is 0 Å². The summed E-state index contributed by atoms with van der Waals surface area (Å²) in [6, 6.07) is 0. The number of rotatable bonds is 1. The SMILES string of the molecule is O=C(O)C=C1CSC1. The molecular formula is C5H6O2S. The van der Waals surface area contributed by atoms with E-state index in [1.807, 2.05) is 0 Å². The fourth-order valence-corrected chi connectivity index (χ4v) is 1.08. The zero-order valence-corrected chi connectivity index (χ0v) is 5.07. The van der Waals surface area contributed by atoms with Crippen molar-refractivity contribution in [3.8, 4) is 0 Å². The second-order valence-corrected chi connectivity index (χ2v) is 2.62. The Morgan fingerprint density at radius 2 is 2.38 bits per heavy atom. The Labute approximate surface area is 51.6 Å². The zero-order chi connectivity index (χ0) is 5.98. The molecule has 0 radical (unpaired) electrons. The van der Waals surface area contributed by atoms with E-state index in [0.29, 0.717) is 0 Å². The van der Waals surface area contributed by atoms with Crippen LogP contribution in [0.1, 0.15) is 0 Å². The van der Waals surface area contributed by atoms with Gasteiger partial charge in [0.25, 0.3) is 0 Å². The van der Waals surface area contributed by atoms with E-state index < -0.39 is 5.97 Å². The molecule has 0 aromatic carbocycles. The summed E-state index contributed by atoms with van der Waals surface area (Å²) in [6.45, 7) is 0. The molecule has 2 nitrogen and oxygen atoms in total. The third-order valence-corrected chi connectivity index (χ3v) is 2.05. The van der Waals surface area contributed by atoms with Crippen LogP contribution >= 0.6 is 11.8 Å². The maximum Gasteiger partial charge on any atom is 0.328 e. The second kappa shape index (κ2) is 2.22. The predicted octanol–water partition coefficient (Wildman–Crippen LogP) is 0.744. The molecule has 44 valence electrons. The Morgan fingerprint density at radius 3 is 2.50 bits per heavy atom. The Kier molecular flexibility index (Phi) is 1.58. The third kappa shape index (κ3) is 1.26. The summed E-state index contributed by atoms with van der Waals surface area (Å²) in [4.78, 5) is 9.92. The van der Waals surface area contributed by atoms with Gasteiger partial charge in [-0.2, -0.15) is 11.8 Å². The number of aliphatic carboxylic acids is 1. The lowest BCUT2D eigenvalue weighted by Crippen LogP contribution is -2.06. The maximum atomic E-state index is 9.92. The van der Waals surface area contributed by atoms with Crippen molar-refractivity contribution in [2.75, 3.05) is 11.5 Å². The Hall–Kier alpha value is -0.440. The third-order valence-electron chi connectivity index (χ3n) is 0.903. The molecule has 0 aliphatic carbocycles. The van der Waals surface area contributed by atoms with Crippen LogP contribution in [0.5, 0.6) is 0 Å². The van der Waals surface area contributed by atoms with Gasteiger partial charge in [0.1, 0.15) is 0 Å². The lowest BCUT2D eigenvalue weighted by atomic mass is 10.3. The molecule has 0 bridgehead atoms. The molecular weight excluding hydrogens is 124 g/mol. The van der Waals surface area contributed by atoms with Gasteiger partial charge in [0.2, 0.25) is 0 Å². The monoisotopic (exact) mass is 130 g/mol. The highest BCUT2D eigenvalue weighted by molar-refractivity contribution is 8.01. The van der Waals surface area contributed by atoms with Gasteiger partial charge in [-0.3, -0.25) is 0 Å². The summed E-state index contributed by atoms with van der Waals surface area (Å²) in [5.41, 5.74) is 1.04. The molecule has 1 rings (SSSR count). The molecule has 1 aliphatic heterocycles. The second-order valence-electron chi connectivity index (χ2n) is 1.63. The minimum absolute atomic E-state index is 0.819. The van der Waals surface area contributed by atoms with Gasteiger partial charge in [0.15, 0.2) is 0 Å². The van der Waals surface area contributed by atoms with Crippen LogP contribution < -0.4 is 0 Å². The van der Waals surface area contributed by atoms with E-state index in [1.54, 1.807) is 11.8 Å². The molecule has 1 heterocycles. The van der Waals surface area contributed by atoms with Crippen LogP contribution in [0.25, 0.3) is 0 Å². The number of carboxylic acids is 1. The van der Waals surface area contributed by atoms with Crippen molar-refractivity contribution in [2.45, 2.75) is 0 Å². The van der Waals surface area contributed by atoms with Crippen molar-refractivity contribution >= 4 is 17.7 Å². The first-order chi connectivity index (χ1) is 3.79. The van der Waals surface area contributed by atoms with Crippen molar-refractivity contribution in [1.29, 1.82) is 0 Å². The van der Waals surface area contributed by atoms with E-state index in [4.69, 9.17) is 5.11 Å². The lowest BCUT2D eigenvalue weighted by Gasteiger charge is -2.13. The summed E-state index contributed by atoms with van der Waals surface area (Å²) in [5, 5.41) is 8.16. The highest BCUT2D eigenvalue weighted by Gasteiger charge is 2.09. The van der Waals surface area contributed by atoms with Gasteiger partial charge >= 0.3 is 5.97 Å². The Morgan fingerprint density at radius 1 is 1.75 bits per heavy atom. The Bertz CT molecular complexity index is 133. The summed E-state index contributed by atoms with van der Waals surface area (Å²) in [6.07, 6.45) is 1.29. The predicted molar refractivity (Wildman–Crippen MR) is 33.0 cm³/mol. The first kappa shape index (κ1) is 5.69. The minimum atomic E-state index is -0.819. The van der Waals surface area contributed by atoms with Gasteiger partial charge in [-0.15, -0.1) is 0 Å². The van der Waals surface area contributed by atoms with Gasteiger partial charge in [0.05, 0.1) is 0 Å². The van der Waals surface area contributed by atoms with Crippen molar-refractivity contribution < 1.29 is 9.90 Å². The highest BCUT2D eigenvalue weighted by atomic mass is 32.2. The van der Waals surface area contributed by atoms with Crippen LogP contribution in [0.3, 0.4) is 0 Å². The van der Waals surface area contributed by atoms with Crippen LogP contribution in [0, 0.1) is 0 Å². The van der Waals surface area contributed by atoms with E-state index in [1.165, 1.54) is 6.08 Å². The van der Waals surface area contributed by atoms with Crippen LogP contribution in [0.15, 0.2) is 11.6 Å². The van der Waals surface area contributed by atoms with Gasteiger partial charge in [-0.25, -0.2) is 4.79 Å². The summed E-state index contributed by atoms with van der Waals surface area (Å²) >= 11 is 1.76. The van der Waals surface area contributed by atoms with Crippen LogP contribution in [0.4, 0.5) is 0 Å². The van der Waals surface area contributed by atoms with Crippen LogP contribution in [-0.4, -0.2) is 22.6 Å². The number of carbonyl (C=O) groups is 1. The van der Waals surface area contributed by atoms with Crippen molar-refractivity contribution in [1.82, 2.24) is 0 Å². The van der Waals surface area contributed by atoms with E-state index >= 15 is 0 Å². The quantitative estimate of drug-likeness (QED) is 0.532. The standard InChI is InChI=1S/C5H6O2S/c6-5(7)1-4-2-8-3-4/h1H,2-3H2,(H,6,7). The van der Waals surface area contributed by atoms with E-state index in [9.17, 15) is 4.79 Å².